The first-order valence-corrected chi connectivity index (χ1v) is 7.96. The fourth-order valence-electron chi connectivity index (χ4n) is 2.57. The average Bonchev–Trinajstić information content (AvgIpc) is 2.55. The summed E-state index contributed by atoms with van der Waals surface area (Å²) < 4.78 is 10.5. The molecule has 1 heterocycles. The fraction of sp³-hybridized carbons (Fsp3) is 0.588. The summed E-state index contributed by atoms with van der Waals surface area (Å²) in [5.74, 6) is 0.885. The molecule has 1 aromatic rings. The molecule has 0 radical (unpaired) electrons. The van der Waals surface area contributed by atoms with Crippen LogP contribution in [0.1, 0.15) is 25.3 Å². The predicted molar refractivity (Wildman–Crippen MR) is 86.3 cm³/mol. The summed E-state index contributed by atoms with van der Waals surface area (Å²) in [4.78, 5) is 13.9. The molecular weight excluding hydrogens is 280 g/mol. The summed E-state index contributed by atoms with van der Waals surface area (Å²) >= 11 is 0. The molecule has 1 atom stereocenters. The van der Waals surface area contributed by atoms with Gasteiger partial charge in [-0.25, -0.2) is 4.79 Å². The van der Waals surface area contributed by atoms with Gasteiger partial charge in [-0.05, 0) is 43.9 Å². The molecule has 22 heavy (non-hydrogen) atoms. The van der Waals surface area contributed by atoms with Crippen molar-refractivity contribution in [1.82, 2.24) is 10.2 Å². The van der Waals surface area contributed by atoms with Gasteiger partial charge in [-0.2, -0.15) is 0 Å². The van der Waals surface area contributed by atoms with E-state index in [0.717, 1.165) is 31.6 Å². The van der Waals surface area contributed by atoms with Crippen molar-refractivity contribution in [2.45, 2.75) is 32.2 Å². The summed E-state index contributed by atoms with van der Waals surface area (Å²) in [5.41, 5.74) is 1.30. The second-order valence-corrected chi connectivity index (χ2v) is 5.65. The lowest BCUT2D eigenvalue weighted by atomic mass is 10.1. The molecule has 2 amide bonds. The third-order valence-electron chi connectivity index (χ3n) is 3.96. The Morgan fingerprint density at radius 3 is 2.82 bits per heavy atom. The highest BCUT2D eigenvalue weighted by Gasteiger charge is 2.22. The molecule has 0 bridgehead atoms. The van der Waals surface area contributed by atoms with Crippen LogP contribution in [0.3, 0.4) is 0 Å². The van der Waals surface area contributed by atoms with Crippen LogP contribution in [0.25, 0.3) is 0 Å². The zero-order valence-corrected chi connectivity index (χ0v) is 13.5. The van der Waals surface area contributed by atoms with Crippen molar-refractivity contribution in [1.29, 1.82) is 0 Å². The smallest absolute Gasteiger partial charge is 0.317 e. The molecule has 0 aliphatic carbocycles. The van der Waals surface area contributed by atoms with Crippen molar-refractivity contribution >= 4 is 6.03 Å². The number of hydrogen-bond acceptors (Lipinski definition) is 3. The number of amides is 2. The number of nitrogens with one attached hydrogen (secondary N) is 1. The van der Waals surface area contributed by atoms with Crippen molar-refractivity contribution in [3.63, 3.8) is 0 Å². The quantitative estimate of drug-likeness (QED) is 0.821. The van der Waals surface area contributed by atoms with E-state index in [9.17, 15) is 4.79 Å². The Balaban J connectivity index is 1.61. The van der Waals surface area contributed by atoms with Gasteiger partial charge in [-0.3, -0.25) is 0 Å². The summed E-state index contributed by atoms with van der Waals surface area (Å²) in [5, 5.41) is 3.00. The summed E-state index contributed by atoms with van der Waals surface area (Å²) in [6.45, 7) is 4.68. The zero-order valence-electron chi connectivity index (χ0n) is 13.5. The van der Waals surface area contributed by atoms with Crippen LogP contribution in [0, 0.1) is 0 Å². The topological polar surface area (TPSA) is 50.8 Å². The van der Waals surface area contributed by atoms with Crippen molar-refractivity contribution in [3.8, 4) is 5.75 Å². The first kappa shape index (κ1) is 16.6. The van der Waals surface area contributed by atoms with Crippen LogP contribution in [0.15, 0.2) is 24.3 Å². The maximum atomic E-state index is 12.1. The van der Waals surface area contributed by atoms with Crippen LogP contribution in [-0.4, -0.2) is 50.4 Å². The van der Waals surface area contributed by atoms with Gasteiger partial charge >= 0.3 is 6.03 Å². The molecule has 0 spiro atoms. The molecule has 122 valence electrons. The van der Waals surface area contributed by atoms with E-state index in [0.29, 0.717) is 19.8 Å². The van der Waals surface area contributed by atoms with Crippen LogP contribution >= 0.6 is 0 Å². The lowest BCUT2D eigenvalue weighted by molar-refractivity contribution is 0.0191. The second-order valence-electron chi connectivity index (χ2n) is 5.65. The minimum absolute atomic E-state index is 0.0280. The number of urea groups is 1. The summed E-state index contributed by atoms with van der Waals surface area (Å²) in [6.07, 6.45) is 3.07. The lowest BCUT2D eigenvalue weighted by Gasteiger charge is -2.33. The Labute approximate surface area is 132 Å². The van der Waals surface area contributed by atoms with Gasteiger partial charge in [0.25, 0.3) is 0 Å². The SMILES string of the molecule is COc1ccc(CCCCNC(=O)N2CCOC[C@H]2C)cc1. The molecule has 1 fully saturated rings. The normalized spacial score (nSPS) is 18.1. The van der Waals surface area contributed by atoms with Crippen LogP contribution < -0.4 is 10.1 Å². The second kappa shape index (κ2) is 8.63. The number of morpholine rings is 1. The van der Waals surface area contributed by atoms with E-state index in [-0.39, 0.29) is 12.1 Å². The first-order chi connectivity index (χ1) is 10.7. The van der Waals surface area contributed by atoms with E-state index >= 15 is 0 Å². The molecule has 0 unspecified atom stereocenters. The third kappa shape index (κ3) is 4.91. The van der Waals surface area contributed by atoms with Crippen molar-refractivity contribution in [2.75, 3.05) is 33.4 Å². The molecular formula is C17H26N2O3. The zero-order chi connectivity index (χ0) is 15.8. The van der Waals surface area contributed by atoms with Crippen LogP contribution in [0.4, 0.5) is 4.79 Å². The van der Waals surface area contributed by atoms with Crippen LogP contribution in [0.2, 0.25) is 0 Å². The number of carbonyl (C=O) groups is 1. The molecule has 0 aromatic heterocycles. The van der Waals surface area contributed by atoms with E-state index in [1.165, 1.54) is 5.56 Å². The fourth-order valence-corrected chi connectivity index (χ4v) is 2.57. The molecule has 1 aromatic carbocycles. The largest absolute Gasteiger partial charge is 0.497 e. The predicted octanol–water partition coefficient (Wildman–Crippen LogP) is 2.45. The summed E-state index contributed by atoms with van der Waals surface area (Å²) in [6, 6.07) is 8.33. The Hall–Kier alpha value is -1.75. The van der Waals surface area contributed by atoms with Crippen LogP contribution in [-0.2, 0) is 11.2 Å². The van der Waals surface area contributed by atoms with E-state index in [2.05, 4.69) is 17.4 Å². The molecule has 2 rings (SSSR count). The Bertz CT molecular complexity index is 461. The number of nitrogens with zero attached hydrogens (tertiary/aromatic N) is 1. The molecule has 1 aliphatic rings. The van der Waals surface area contributed by atoms with E-state index in [1.807, 2.05) is 24.0 Å². The van der Waals surface area contributed by atoms with Crippen molar-refractivity contribution < 1.29 is 14.3 Å². The molecule has 0 saturated carbocycles. The minimum Gasteiger partial charge on any atom is -0.497 e. The summed E-state index contributed by atoms with van der Waals surface area (Å²) in [7, 11) is 1.67. The van der Waals surface area contributed by atoms with Gasteiger partial charge in [0.05, 0.1) is 26.4 Å². The van der Waals surface area contributed by atoms with E-state index in [4.69, 9.17) is 9.47 Å². The number of aryl methyl sites for hydroxylation is 1. The van der Waals surface area contributed by atoms with Gasteiger partial charge in [-0.15, -0.1) is 0 Å². The molecule has 1 N–H and O–H groups in total. The standard InChI is InChI=1S/C17H26N2O3/c1-14-13-22-12-11-19(14)17(20)18-10-4-3-5-15-6-8-16(21-2)9-7-15/h6-9,14H,3-5,10-13H2,1-2H3,(H,18,20)/t14-/m1/s1. The number of benzene rings is 1. The maximum absolute atomic E-state index is 12.1. The first-order valence-electron chi connectivity index (χ1n) is 7.96. The van der Waals surface area contributed by atoms with Crippen molar-refractivity contribution in [3.05, 3.63) is 29.8 Å². The maximum Gasteiger partial charge on any atom is 0.317 e. The minimum atomic E-state index is 0.0280. The number of unbranched alkanes of at least 4 members (excludes halogenated alkanes) is 1. The Morgan fingerprint density at radius 2 is 2.14 bits per heavy atom. The molecule has 1 saturated heterocycles. The number of ether oxygens (including phenoxy) is 2. The highest BCUT2D eigenvalue weighted by molar-refractivity contribution is 5.74. The van der Waals surface area contributed by atoms with Crippen LogP contribution in [0.5, 0.6) is 5.75 Å². The van der Waals surface area contributed by atoms with Gasteiger partial charge in [0, 0.05) is 13.1 Å². The van der Waals surface area contributed by atoms with Gasteiger partial charge in [0.2, 0.25) is 0 Å². The molecule has 5 heteroatoms. The average molecular weight is 306 g/mol. The number of hydrogen-bond donors (Lipinski definition) is 1. The highest BCUT2D eigenvalue weighted by Crippen LogP contribution is 2.13. The Kier molecular flexibility index (Phi) is 6.52. The molecule has 1 aliphatic heterocycles. The van der Waals surface area contributed by atoms with Gasteiger partial charge in [0.15, 0.2) is 0 Å². The lowest BCUT2D eigenvalue weighted by Crippen LogP contribution is -2.51. The van der Waals surface area contributed by atoms with Gasteiger partial charge < -0.3 is 19.7 Å². The number of methoxy groups -OCH3 is 1. The highest BCUT2D eigenvalue weighted by atomic mass is 16.5. The van der Waals surface area contributed by atoms with Gasteiger partial charge in [-0.1, -0.05) is 12.1 Å². The van der Waals surface area contributed by atoms with E-state index < -0.39 is 0 Å². The number of rotatable bonds is 6. The van der Waals surface area contributed by atoms with Gasteiger partial charge in [0.1, 0.15) is 5.75 Å². The monoisotopic (exact) mass is 306 g/mol. The third-order valence-corrected chi connectivity index (χ3v) is 3.96. The van der Waals surface area contributed by atoms with Crippen molar-refractivity contribution in [2.24, 2.45) is 0 Å². The number of carbonyl (C=O) groups excluding carboxylic acids is 1. The Morgan fingerprint density at radius 1 is 1.36 bits per heavy atom. The van der Waals surface area contributed by atoms with E-state index in [1.54, 1.807) is 7.11 Å². The molecule has 5 nitrogen and oxygen atoms in total.